The maximum absolute atomic E-state index is 11.5. The molecule has 3 N–H and O–H groups in total. The van der Waals surface area contributed by atoms with Crippen molar-refractivity contribution >= 4 is 17.9 Å². The number of anilines is 1. The number of hydrogen-bond acceptors (Lipinski definition) is 5. The molecule has 1 aromatic carbocycles. The number of hydrogen-bond donors (Lipinski definition) is 3. The maximum atomic E-state index is 11.5. The first-order valence-electron chi connectivity index (χ1n) is 10.2. The zero-order chi connectivity index (χ0) is 22.1. The van der Waals surface area contributed by atoms with Gasteiger partial charge in [0.2, 0.25) is 5.91 Å². The Labute approximate surface area is 175 Å². The molecule has 1 aliphatic heterocycles. The summed E-state index contributed by atoms with van der Waals surface area (Å²) in [5.41, 5.74) is 2.71. The van der Waals surface area contributed by atoms with Gasteiger partial charge in [-0.3, -0.25) is 14.5 Å². The summed E-state index contributed by atoms with van der Waals surface area (Å²) in [6.45, 7) is 13.3. The zero-order valence-electron chi connectivity index (χ0n) is 18.3. The van der Waals surface area contributed by atoms with Crippen LogP contribution in [-0.2, 0) is 16.2 Å². The van der Waals surface area contributed by atoms with E-state index in [0.717, 1.165) is 49.0 Å². The van der Waals surface area contributed by atoms with E-state index in [1.807, 2.05) is 45.0 Å². The normalized spacial score (nSPS) is 14.4. The van der Waals surface area contributed by atoms with Crippen molar-refractivity contribution in [2.45, 2.75) is 53.2 Å². The lowest BCUT2D eigenvalue weighted by molar-refractivity contribution is -0.121. The lowest BCUT2D eigenvalue weighted by Gasteiger charge is -2.32. The number of likely N-dealkylation sites (tertiary alicyclic amines) is 1. The third kappa shape index (κ3) is 11.2. The number of carbonyl (C=O) groups excluding carboxylic acids is 2. The fourth-order valence-corrected chi connectivity index (χ4v) is 2.68. The third-order valence-electron chi connectivity index (χ3n) is 4.41. The van der Waals surface area contributed by atoms with Crippen molar-refractivity contribution in [3.8, 4) is 0 Å². The van der Waals surface area contributed by atoms with E-state index in [2.05, 4.69) is 22.1 Å². The van der Waals surface area contributed by atoms with E-state index in [9.17, 15) is 14.7 Å². The largest absolute Gasteiger partial charge is 0.392 e. The molecule has 0 unspecified atom stereocenters. The highest BCUT2D eigenvalue weighted by atomic mass is 16.3. The fraction of sp³-hybridized carbons (Fsp3) is 0.478. The highest BCUT2D eigenvalue weighted by Gasteiger charge is 2.20. The number of allylic oxidation sites excluding steroid dienone is 2. The Bertz CT molecular complexity index is 636. The van der Waals surface area contributed by atoms with E-state index >= 15 is 0 Å². The molecule has 0 aliphatic carbocycles. The molecule has 29 heavy (non-hydrogen) atoms. The van der Waals surface area contributed by atoms with Crippen LogP contribution in [-0.4, -0.2) is 47.9 Å². The predicted molar refractivity (Wildman–Crippen MR) is 121 cm³/mol. The second-order valence-electron chi connectivity index (χ2n) is 6.43. The van der Waals surface area contributed by atoms with Gasteiger partial charge in [0.05, 0.1) is 13.2 Å². The van der Waals surface area contributed by atoms with Gasteiger partial charge >= 0.3 is 0 Å². The number of benzene rings is 1. The predicted octanol–water partition coefficient (Wildman–Crippen LogP) is 3.49. The summed E-state index contributed by atoms with van der Waals surface area (Å²) in [4.78, 5) is 23.3. The first kappa shape index (κ1) is 26.6. The van der Waals surface area contributed by atoms with Gasteiger partial charge in [0.25, 0.3) is 0 Å². The summed E-state index contributed by atoms with van der Waals surface area (Å²) in [6, 6.07) is 8.21. The summed E-state index contributed by atoms with van der Waals surface area (Å²) in [6.07, 6.45) is 6.00. The SMILES string of the molecule is C/C=C(\C)C=O.C=CNC(=O)CN1CCC(Nc2ccccc2CO)CC1.CC. The van der Waals surface area contributed by atoms with Crippen LogP contribution in [0, 0.1) is 0 Å². The second kappa shape index (κ2) is 16.5. The molecule has 6 nitrogen and oxygen atoms in total. The van der Waals surface area contributed by atoms with Gasteiger partial charge in [-0.15, -0.1) is 0 Å². The molecule has 1 aliphatic rings. The summed E-state index contributed by atoms with van der Waals surface area (Å²) >= 11 is 0. The maximum Gasteiger partial charge on any atom is 0.238 e. The minimum Gasteiger partial charge on any atom is -0.392 e. The van der Waals surface area contributed by atoms with E-state index in [1.54, 1.807) is 13.0 Å². The Morgan fingerprint density at radius 3 is 2.38 bits per heavy atom. The van der Waals surface area contributed by atoms with E-state index < -0.39 is 0 Å². The highest BCUT2D eigenvalue weighted by molar-refractivity contribution is 5.78. The number of nitrogens with one attached hydrogen (secondary N) is 2. The van der Waals surface area contributed by atoms with Crippen LogP contribution in [0.4, 0.5) is 5.69 Å². The standard InChI is InChI=1S/C16H23N3O2.C5H8O.C2H6/c1-2-17-16(21)11-19-9-7-14(8-10-19)18-15-6-4-3-5-13(15)12-20;1-3-5(2)4-6;1-2/h2-6,14,18,20H,1,7-12H2,(H,17,21);3-4H,1-2H3;1-2H3/b;5-3+;. The molecule has 0 radical (unpaired) electrons. The first-order chi connectivity index (χ1) is 14.0. The molecule has 2 rings (SSSR count). The zero-order valence-corrected chi connectivity index (χ0v) is 18.3. The molecule has 0 saturated carbocycles. The topological polar surface area (TPSA) is 81.7 Å². The Morgan fingerprint density at radius 1 is 1.28 bits per heavy atom. The molecule has 1 amide bonds. The van der Waals surface area contributed by atoms with E-state index in [-0.39, 0.29) is 12.5 Å². The molecule has 162 valence electrons. The molecule has 0 atom stereocenters. The van der Waals surface area contributed by atoms with Crippen LogP contribution in [0.3, 0.4) is 0 Å². The number of amides is 1. The van der Waals surface area contributed by atoms with E-state index in [1.165, 1.54) is 6.20 Å². The molecule has 1 heterocycles. The highest BCUT2D eigenvalue weighted by Crippen LogP contribution is 2.20. The van der Waals surface area contributed by atoms with Gasteiger partial charge in [-0.05, 0) is 44.5 Å². The van der Waals surface area contributed by atoms with Gasteiger partial charge in [-0.25, -0.2) is 0 Å². The van der Waals surface area contributed by atoms with Gasteiger partial charge in [0.15, 0.2) is 0 Å². The van der Waals surface area contributed by atoms with Crippen molar-refractivity contribution in [1.29, 1.82) is 0 Å². The number of rotatable bonds is 7. The molecule has 1 fully saturated rings. The lowest BCUT2D eigenvalue weighted by Crippen LogP contribution is -2.43. The lowest BCUT2D eigenvalue weighted by atomic mass is 10.0. The first-order valence-corrected chi connectivity index (χ1v) is 10.2. The average Bonchev–Trinajstić information content (AvgIpc) is 2.77. The van der Waals surface area contributed by atoms with Gasteiger partial charge in [0.1, 0.15) is 6.29 Å². The van der Waals surface area contributed by atoms with Gasteiger partial charge in [0, 0.05) is 30.4 Å². The number of carbonyl (C=O) groups is 2. The number of piperidine rings is 1. The minimum atomic E-state index is -0.0120. The van der Waals surface area contributed by atoms with Crippen LogP contribution in [0.2, 0.25) is 0 Å². The third-order valence-corrected chi connectivity index (χ3v) is 4.41. The number of nitrogens with zero attached hydrogens (tertiary/aromatic N) is 1. The van der Waals surface area contributed by atoms with Gasteiger partial charge < -0.3 is 15.7 Å². The Kier molecular flexibility index (Phi) is 15.1. The summed E-state index contributed by atoms with van der Waals surface area (Å²) in [5.74, 6) is -0.0120. The van der Waals surface area contributed by atoms with Gasteiger partial charge in [-0.2, -0.15) is 0 Å². The number of aldehydes is 1. The molecule has 0 aromatic heterocycles. The van der Waals surface area contributed by atoms with Crippen molar-refractivity contribution in [3.63, 3.8) is 0 Å². The molecule has 0 bridgehead atoms. The molecule has 1 aromatic rings. The smallest absolute Gasteiger partial charge is 0.238 e. The Balaban J connectivity index is 0.000000841. The quantitative estimate of drug-likeness (QED) is 0.480. The van der Waals surface area contributed by atoms with Crippen LogP contribution in [0.5, 0.6) is 0 Å². The Morgan fingerprint density at radius 2 is 1.90 bits per heavy atom. The summed E-state index contributed by atoms with van der Waals surface area (Å²) < 4.78 is 0. The fourth-order valence-electron chi connectivity index (χ4n) is 2.68. The number of aliphatic hydroxyl groups excluding tert-OH is 1. The van der Waals surface area contributed by atoms with E-state index in [0.29, 0.717) is 12.6 Å². The van der Waals surface area contributed by atoms with Crippen LogP contribution in [0.15, 0.2) is 48.7 Å². The van der Waals surface area contributed by atoms with Crippen molar-refractivity contribution in [3.05, 3.63) is 54.3 Å². The number of aliphatic hydroxyl groups is 1. The molecule has 6 heteroatoms. The van der Waals surface area contributed by atoms with Crippen molar-refractivity contribution in [1.82, 2.24) is 10.2 Å². The monoisotopic (exact) mass is 403 g/mol. The molecule has 1 saturated heterocycles. The van der Waals surface area contributed by atoms with Crippen LogP contribution < -0.4 is 10.6 Å². The number of para-hydroxylation sites is 1. The summed E-state index contributed by atoms with van der Waals surface area (Å²) in [7, 11) is 0. The molecular formula is C23H37N3O3. The van der Waals surface area contributed by atoms with Gasteiger partial charge in [-0.1, -0.05) is 44.7 Å². The minimum absolute atomic E-state index is 0.0120. The molecular weight excluding hydrogens is 366 g/mol. The van der Waals surface area contributed by atoms with Crippen LogP contribution in [0.1, 0.15) is 46.1 Å². The summed E-state index contributed by atoms with van der Waals surface area (Å²) in [5, 5.41) is 15.4. The van der Waals surface area contributed by atoms with Crippen molar-refractivity contribution in [2.75, 3.05) is 25.0 Å². The van der Waals surface area contributed by atoms with E-state index in [4.69, 9.17) is 0 Å². The van der Waals surface area contributed by atoms with Crippen molar-refractivity contribution in [2.24, 2.45) is 0 Å². The van der Waals surface area contributed by atoms with Crippen LogP contribution in [0.25, 0.3) is 0 Å². The second-order valence-corrected chi connectivity index (χ2v) is 6.43. The molecule has 0 spiro atoms. The van der Waals surface area contributed by atoms with Crippen molar-refractivity contribution < 1.29 is 14.7 Å². The van der Waals surface area contributed by atoms with Crippen LogP contribution >= 0.6 is 0 Å². The average molecular weight is 404 g/mol. The Hall–Kier alpha value is -2.44.